The summed E-state index contributed by atoms with van der Waals surface area (Å²) in [5.41, 5.74) is 7.28. The number of halogens is 1. The van der Waals surface area contributed by atoms with Crippen molar-refractivity contribution < 1.29 is 4.74 Å². The molecule has 3 aromatic rings. The number of aromatic amines is 1. The van der Waals surface area contributed by atoms with Gasteiger partial charge < -0.3 is 15.8 Å². The van der Waals surface area contributed by atoms with Crippen LogP contribution in [0.2, 0.25) is 5.02 Å². The van der Waals surface area contributed by atoms with Gasteiger partial charge in [-0.05, 0) is 17.7 Å². The van der Waals surface area contributed by atoms with E-state index >= 15 is 0 Å². The van der Waals surface area contributed by atoms with Gasteiger partial charge in [-0.1, -0.05) is 41.9 Å². The fourth-order valence-corrected chi connectivity index (χ4v) is 2.14. The first-order valence-corrected chi connectivity index (χ1v) is 6.99. The van der Waals surface area contributed by atoms with E-state index in [2.05, 4.69) is 20.5 Å². The van der Waals surface area contributed by atoms with E-state index in [1.54, 1.807) is 12.1 Å². The molecule has 0 fully saturated rings. The highest BCUT2D eigenvalue weighted by atomic mass is 35.5. The van der Waals surface area contributed by atoms with Crippen molar-refractivity contribution in [2.24, 2.45) is 0 Å². The Hall–Kier alpha value is -2.73. The molecule has 0 atom stereocenters. The van der Waals surface area contributed by atoms with Gasteiger partial charge in [0.05, 0.1) is 0 Å². The number of hydrogen-bond acceptors (Lipinski definition) is 5. The Bertz CT molecular complexity index is 760. The van der Waals surface area contributed by atoms with E-state index in [9.17, 15) is 0 Å². The molecule has 6 nitrogen and oxygen atoms in total. The second-order valence-electron chi connectivity index (χ2n) is 4.62. The van der Waals surface area contributed by atoms with E-state index < -0.39 is 0 Å². The highest BCUT2D eigenvalue weighted by Gasteiger charge is 2.05. The van der Waals surface area contributed by atoms with Crippen LogP contribution in [0.3, 0.4) is 0 Å². The minimum atomic E-state index is 0.241. The third-order valence-electron chi connectivity index (χ3n) is 2.88. The minimum absolute atomic E-state index is 0.241. The lowest BCUT2D eigenvalue weighted by Crippen LogP contribution is -1.97. The van der Waals surface area contributed by atoms with E-state index in [0.29, 0.717) is 23.3 Å². The van der Waals surface area contributed by atoms with Crippen molar-refractivity contribution in [3.63, 3.8) is 0 Å². The van der Waals surface area contributed by atoms with Crippen molar-refractivity contribution in [2.45, 2.75) is 6.61 Å². The molecule has 112 valence electrons. The van der Waals surface area contributed by atoms with E-state index in [1.807, 2.05) is 36.4 Å². The summed E-state index contributed by atoms with van der Waals surface area (Å²) in [4.78, 5) is 3.97. The summed E-state index contributed by atoms with van der Waals surface area (Å²) >= 11 is 6.11. The van der Waals surface area contributed by atoms with Crippen molar-refractivity contribution >= 4 is 29.2 Å². The van der Waals surface area contributed by atoms with Gasteiger partial charge in [0, 0.05) is 16.8 Å². The summed E-state index contributed by atoms with van der Waals surface area (Å²) in [5.74, 6) is 1.27. The van der Waals surface area contributed by atoms with Crippen LogP contribution < -0.4 is 15.8 Å². The summed E-state index contributed by atoms with van der Waals surface area (Å²) in [6, 6.07) is 15.2. The number of H-pyrrole nitrogens is 1. The van der Waals surface area contributed by atoms with Gasteiger partial charge in [0.1, 0.15) is 12.4 Å². The van der Waals surface area contributed by atoms with Crippen LogP contribution in [-0.4, -0.2) is 15.2 Å². The maximum Gasteiger partial charge on any atom is 0.248 e. The van der Waals surface area contributed by atoms with Crippen LogP contribution in [0.5, 0.6) is 5.75 Å². The van der Waals surface area contributed by atoms with Crippen LogP contribution in [0.1, 0.15) is 5.56 Å². The number of nitrogens with two attached hydrogens (primary N) is 1. The summed E-state index contributed by atoms with van der Waals surface area (Å²) in [6.07, 6.45) is 0. The molecule has 2 aromatic carbocycles. The first-order chi connectivity index (χ1) is 10.7. The Morgan fingerprint density at radius 1 is 1.18 bits per heavy atom. The van der Waals surface area contributed by atoms with Crippen LogP contribution in [0.4, 0.5) is 17.6 Å². The van der Waals surface area contributed by atoms with Gasteiger partial charge in [0.25, 0.3) is 0 Å². The number of anilines is 3. The smallest absolute Gasteiger partial charge is 0.248 e. The van der Waals surface area contributed by atoms with Crippen LogP contribution in [0, 0.1) is 0 Å². The van der Waals surface area contributed by atoms with Gasteiger partial charge in [0.15, 0.2) is 0 Å². The Kier molecular flexibility index (Phi) is 4.11. The zero-order chi connectivity index (χ0) is 15.4. The molecule has 0 aliphatic carbocycles. The molecule has 1 aromatic heterocycles. The first-order valence-electron chi connectivity index (χ1n) is 6.61. The molecule has 4 N–H and O–H groups in total. The Labute approximate surface area is 132 Å². The van der Waals surface area contributed by atoms with Crippen molar-refractivity contribution in [1.82, 2.24) is 15.2 Å². The molecule has 7 heteroatoms. The molecule has 0 bridgehead atoms. The number of nitrogens with zero attached hydrogens (tertiary/aromatic N) is 2. The minimum Gasteiger partial charge on any atom is -0.489 e. The molecular formula is C15H14ClN5O. The van der Waals surface area contributed by atoms with Gasteiger partial charge in [-0.15, -0.1) is 5.10 Å². The predicted octanol–water partition coefficient (Wildman–Crippen LogP) is 3.36. The lowest BCUT2D eigenvalue weighted by molar-refractivity contribution is 0.306. The highest BCUT2D eigenvalue weighted by Crippen LogP contribution is 2.26. The van der Waals surface area contributed by atoms with Crippen LogP contribution in [0.15, 0.2) is 48.5 Å². The number of aromatic nitrogens is 3. The topological polar surface area (TPSA) is 88.8 Å². The molecule has 0 aliphatic rings. The Balaban J connectivity index is 1.72. The van der Waals surface area contributed by atoms with Crippen LogP contribution in [-0.2, 0) is 6.61 Å². The third kappa shape index (κ3) is 3.67. The van der Waals surface area contributed by atoms with Gasteiger partial charge >= 0.3 is 0 Å². The Morgan fingerprint density at radius 2 is 2.00 bits per heavy atom. The molecule has 0 saturated carbocycles. The summed E-state index contributed by atoms with van der Waals surface area (Å²) in [5, 5.41) is 10.0. The van der Waals surface area contributed by atoms with Gasteiger partial charge in [-0.3, -0.25) is 0 Å². The monoisotopic (exact) mass is 315 g/mol. The first kappa shape index (κ1) is 14.2. The van der Waals surface area contributed by atoms with Gasteiger partial charge in [-0.2, -0.15) is 4.98 Å². The largest absolute Gasteiger partial charge is 0.489 e. The molecule has 0 saturated heterocycles. The summed E-state index contributed by atoms with van der Waals surface area (Å²) in [7, 11) is 0. The molecule has 0 aliphatic heterocycles. The van der Waals surface area contributed by atoms with E-state index in [1.165, 1.54) is 0 Å². The lowest BCUT2D eigenvalue weighted by atomic mass is 10.2. The zero-order valence-corrected chi connectivity index (χ0v) is 12.3. The number of hydrogen-bond donors (Lipinski definition) is 3. The fourth-order valence-electron chi connectivity index (χ4n) is 1.92. The molecular weight excluding hydrogens is 302 g/mol. The lowest BCUT2D eigenvalue weighted by Gasteiger charge is -2.09. The van der Waals surface area contributed by atoms with Gasteiger partial charge in [0.2, 0.25) is 11.9 Å². The molecule has 1 heterocycles. The zero-order valence-electron chi connectivity index (χ0n) is 11.6. The number of rotatable bonds is 5. The molecule has 0 unspecified atom stereocenters. The van der Waals surface area contributed by atoms with E-state index in [4.69, 9.17) is 22.1 Å². The standard InChI is InChI=1S/C15H14ClN5O/c16-11-6-12(18-15-19-14(17)20-21-15)8-13(7-11)22-9-10-4-2-1-3-5-10/h1-8H,9H2,(H4,17,18,19,20,21). The van der Waals surface area contributed by atoms with Crippen LogP contribution >= 0.6 is 11.6 Å². The molecule has 3 rings (SSSR count). The molecule has 22 heavy (non-hydrogen) atoms. The van der Waals surface area contributed by atoms with Crippen molar-refractivity contribution in [1.29, 1.82) is 0 Å². The molecule has 0 amide bonds. The number of nitrogens with one attached hydrogen (secondary N) is 2. The SMILES string of the molecule is Nc1nc(Nc2cc(Cl)cc(OCc3ccccc3)c2)n[nH]1. The maximum absolute atomic E-state index is 6.11. The van der Waals surface area contributed by atoms with E-state index in [0.717, 1.165) is 11.3 Å². The molecule has 0 radical (unpaired) electrons. The third-order valence-corrected chi connectivity index (χ3v) is 3.10. The average molecular weight is 316 g/mol. The Morgan fingerprint density at radius 3 is 2.73 bits per heavy atom. The van der Waals surface area contributed by atoms with Crippen molar-refractivity contribution in [2.75, 3.05) is 11.1 Å². The highest BCUT2D eigenvalue weighted by molar-refractivity contribution is 6.31. The number of nitrogen functional groups attached to an aromatic ring is 1. The number of benzene rings is 2. The number of ether oxygens (including phenoxy) is 1. The summed E-state index contributed by atoms with van der Waals surface area (Å²) in [6.45, 7) is 0.466. The predicted molar refractivity (Wildman–Crippen MR) is 86.3 cm³/mol. The van der Waals surface area contributed by atoms with Crippen molar-refractivity contribution in [3.05, 3.63) is 59.1 Å². The van der Waals surface area contributed by atoms with Gasteiger partial charge in [-0.25, -0.2) is 5.10 Å². The maximum atomic E-state index is 6.11. The second-order valence-corrected chi connectivity index (χ2v) is 5.06. The van der Waals surface area contributed by atoms with E-state index in [-0.39, 0.29) is 5.95 Å². The van der Waals surface area contributed by atoms with Crippen LogP contribution in [0.25, 0.3) is 0 Å². The average Bonchev–Trinajstić information content (AvgIpc) is 2.91. The second kappa shape index (κ2) is 6.36. The normalized spacial score (nSPS) is 10.4. The summed E-state index contributed by atoms with van der Waals surface area (Å²) < 4.78 is 5.76. The quantitative estimate of drug-likeness (QED) is 0.672. The molecule has 0 spiro atoms. The van der Waals surface area contributed by atoms with Crippen molar-refractivity contribution in [3.8, 4) is 5.75 Å². The fraction of sp³-hybridized carbons (Fsp3) is 0.0667.